The maximum Gasteiger partial charge on any atom is 0.294 e. The smallest absolute Gasteiger partial charge is 0.294 e. The Kier molecular flexibility index (Phi) is 4.36. The van der Waals surface area contributed by atoms with Gasteiger partial charge in [-0.05, 0) is 30.3 Å². The van der Waals surface area contributed by atoms with Gasteiger partial charge in [0.1, 0.15) is 11.9 Å². The average Bonchev–Trinajstić information content (AvgIpc) is 2.85. The molecule has 134 valence electrons. The molecule has 0 aliphatic carbocycles. The molecule has 0 saturated heterocycles. The number of hydrogen-bond donors (Lipinski definition) is 1. The molecule has 1 amide bonds. The van der Waals surface area contributed by atoms with Crippen molar-refractivity contribution in [1.29, 1.82) is 0 Å². The lowest BCUT2D eigenvalue weighted by Crippen LogP contribution is -2.33. The quantitative estimate of drug-likeness (QED) is 0.912. The zero-order valence-electron chi connectivity index (χ0n) is 14.7. The number of aliphatic hydroxyl groups excluding tert-OH is 1. The van der Waals surface area contributed by atoms with E-state index in [1.165, 1.54) is 29.3 Å². The largest absolute Gasteiger partial charge is 0.503 e. The molecule has 0 radical (unpaired) electrons. The zero-order chi connectivity index (χ0) is 19.1. The molecule has 5 nitrogen and oxygen atoms in total. The number of aromatic nitrogens is 1. The van der Waals surface area contributed by atoms with Crippen LogP contribution in [0.15, 0.2) is 60.0 Å². The minimum Gasteiger partial charge on any atom is -0.503 e. The lowest BCUT2D eigenvalue weighted by molar-refractivity contribution is -0.123. The lowest BCUT2D eigenvalue weighted by atomic mass is 9.83. The molecule has 6 heteroatoms. The standard InChI is InChI=1S/C20H19FN2O3/c1-20(2,3)18(25)15-16(14-9-4-5-10-22-14)23(19(26)17(15)24)13-8-6-7-12(21)11-13/h4-11,16,24H,1-3H3. The SMILES string of the molecule is CC(C)(C)C(=O)C1=C(O)C(=O)N(c2cccc(F)c2)C1c1ccccn1. The van der Waals surface area contributed by atoms with E-state index >= 15 is 0 Å². The van der Waals surface area contributed by atoms with Crippen LogP contribution in [0.1, 0.15) is 32.5 Å². The van der Waals surface area contributed by atoms with Crippen LogP contribution in [0.25, 0.3) is 0 Å². The van der Waals surface area contributed by atoms with Crippen molar-refractivity contribution >= 4 is 17.4 Å². The Morgan fingerprint density at radius 2 is 1.92 bits per heavy atom. The highest BCUT2D eigenvalue weighted by Gasteiger charge is 2.47. The van der Waals surface area contributed by atoms with Crippen molar-refractivity contribution in [3.8, 4) is 0 Å². The molecule has 0 spiro atoms. The highest BCUT2D eigenvalue weighted by molar-refractivity contribution is 6.17. The maximum atomic E-state index is 13.7. The average molecular weight is 354 g/mol. The fraction of sp³-hybridized carbons (Fsp3) is 0.250. The first-order valence-electron chi connectivity index (χ1n) is 8.20. The molecule has 1 N–H and O–H groups in total. The Labute approximate surface area is 150 Å². The van der Waals surface area contributed by atoms with Gasteiger partial charge >= 0.3 is 0 Å². The summed E-state index contributed by atoms with van der Waals surface area (Å²) in [5.41, 5.74) is -0.171. The highest BCUT2D eigenvalue weighted by Crippen LogP contribution is 2.42. The number of halogens is 1. The monoisotopic (exact) mass is 354 g/mol. The van der Waals surface area contributed by atoms with Gasteiger partial charge in [-0.1, -0.05) is 32.9 Å². The molecule has 0 bridgehead atoms. The van der Waals surface area contributed by atoms with E-state index in [9.17, 15) is 19.1 Å². The number of carbonyl (C=O) groups is 2. The van der Waals surface area contributed by atoms with Crippen molar-refractivity contribution in [1.82, 2.24) is 4.98 Å². The van der Waals surface area contributed by atoms with Crippen molar-refractivity contribution in [3.05, 3.63) is 71.5 Å². The highest BCUT2D eigenvalue weighted by atomic mass is 19.1. The Morgan fingerprint density at radius 3 is 2.50 bits per heavy atom. The first-order chi connectivity index (χ1) is 12.2. The summed E-state index contributed by atoms with van der Waals surface area (Å²) in [6.07, 6.45) is 1.54. The fourth-order valence-electron chi connectivity index (χ4n) is 2.95. The number of hydrogen-bond acceptors (Lipinski definition) is 4. The van der Waals surface area contributed by atoms with E-state index in [2.05, 4.69) is 4.98 Å². The number of ketones is 1. The lowest BCUT2D eigenvalue weighted by Gasteiger charge is -2.28. The van der Waals surface area contributed by atoms with Gasteiger partial charge in [0.2, 0.25) is 0 Å². The van der Waals surface area contributed by atoms with E-state index in [1.807, 2.05) is 0 Å². The molecule has 0 fully saturated rings. The topological polar surface area (TPSA) is 70.5 Å². The summed E-state index contributed by atoms with van der Waals surface area (Å²) in [5.74, 6) is -2.26. The van der Waals surface area contributed by atoms with E-state index in [4.69, 9.17) is 0 Å². The number of anilines is 1. The third-order valence-corrected chi connectivity index (χ3v) is 4.19. The van der Waals surface area contributed by atoms with Crippen LogP contribution in [-0.2, 0) is 9.59 Å². The van der Waals surface area contributed by atoms with Gasteiger partial charge in [-0.2, -0.15) is 0 Å². The molecule has 1 atom stereocenters. The number of aliphatic hydroxyl groups is 1. The van der Waals surface area contributed by atoms with Crippen LogP contribution in [0.2, 0.25) is 0 Å². The molecule has 1 unspecified atom stereocenters. The van der Waals surface area contributed by atoms with Gasteiger partial charge in [-0.3, -0.25) is 19.5 Å². The minimum atomic E-state index is -0.919. The number of carbonyl (C=O) groups excluding carboxylic acids is 2. The maximum absolute atomic E-state index is 13.7. The zero-order valence-corrected chi connectivity index (χ0v) is 14.7. The predicted molar refractivity (Wildman–Crippen MR) is 95.0 cm³/mol. The molecule has 1 aromatic heterocycles. The van der Waals surface area contributed by atoms with Gasteiger partial charge in [-0.15, -0.1) is 0 Å². The molecular weight excluding hydrogens is 335 g/mol. The Hall–Kier alpha value is -3.02. The normalized spacial score (nSPS) is 17.8. The van der Waals surface area contributed by atoms with Gasteiger partial charge < -0.3 is 5.11 Å². The molecule has 26 heavy (non-hydrogen) atoms. The Balaban J connectivity index is 2.21. The van der Waals surface area contributed by atoms with Gasteiger partial charge in [0.15, 0.2) is 11.5 Å². The third-order valence-electron chi connectivity index (χ3n) is 4.19. The molecule has 1 aliphatic rings. The summed E-state index contributed by atoms with van der Waals surface area (Å²) in [6, 6.07) is 9.64. The molecule has 0 saturated carbocycles. The van der Waals surface area contributed by atoms with Gasteiger partial charge in [-0.25, -0.2) is 4.39 Å². The third kappa shape index (κ3) is 2.98. The second kappa shape index (κ2) is 6.37. The van der Waals surface area contributed by atoms with E-state index in [-0.39, 0.29) is 17.0 Å². The first kappa shape index (κ1) is 17.8. The van der Waals surface area contributed by atoms with Crippen LogP contribution in [-0.4, -0.2) is 21.8 Å². The molecule has 1 aromatic carbocycles. The molecule has 2 heterocycles. The van der Waals surface area contributed by atoms with Crippen LogP contribution < -0.4 is 4.90 Å². The summed E-state index contributed by atoms with van der Waals surface area (Å²) in [6.45, 7) is 5.13. The predicted octanol–water partition coefficient (Wildman–Crippen LogP) is 3.74. The molecular formula is C20H19FN2O3. The summed E-state index contributed by atoms with van der Waals surface area (Å²) in [7, 11) is 0. The summed E-state index contributed by atoms with van der Waals surface area (Å²) >= 11 is 0. The van der Waals surface area contributed by atoms with Gasteiger partial charge in [0.25, 0.3) is 5.91 Å². The number of pyridine rings is 1. The van der Waals surface area contributed by atoms with E-state index in [0.717, 1.165) is 0 Å². The van der Waals surface area contributed by atoms with Crippen LogP contribution in [0.5, 0.6) is 0 Å². The van der Waals surface area contributed by atoms with Crippen LogP contribution >= 0.6 is 0 Å². The fourth-order valence-corrected chi connectivity index (χ4v) is 2.95. The van der Waals surface area contributed by atoms with Crippen LogP contribution in [0, 0.1) is 11.2 Å². The second-order valence-corrected chi connectivity index (χ2v) is 7.15. The van der Waals surface area contributed by atoms with Crippen molar-refractivity contribution < 1.29 is 19.1 Å². The Morgan fingerprint density at radius 1 is 1.19 bits per heavy atom. The number of amides is 1. The van der Waals surface area contributed by atoms with E-state index in [0.29, 0.717) is 5.69 Å². The van der Waals surface area contributed by atoms with Crippen LogP contribution in [0.3, 0.4) is 0 Å². The van der Waals surface area contributed by atoms with E-state index in [1.54, 1.807) is 45.0 Å². The summed E-state index contributed by atoms with van der Waals surface area (Å²) in [4.78, 5) is 31.2. The molecule has 1 aliphatic heterocycles. The van der Waals surface area contributed by atoms with Gasteiger partial charge in [0, 0.05) is 17.3 Å². The second-order valence-electron chi connectivity index (χ2n) is 7.15. The summed E-state index contributed by atoms with van der Waals surface area (Å²) in [5, 5.41) is 10.5. The number of benzene rings is 1. The number of rotatable bonds is 3. The number of nitrogens with zero attached hydrogens (tertiary/aromatic N) is 2. The molecule has 2 aromatic rings. The van der Waals surface area contributed by atoms with Crippen molar-refractivity contribution in [2.24, 2.45) is 5.41 Å². The van der Waals surface area contributed by atoms with Crippen LogP contribution in [0.4, 0.5) is 10.1 Å². The summed E-state index contributed by atoms with van der Waals surface area (Å²) < 4.78 is 13.7. The first-order valence-corrected chi connectivity index (χ1v) is 8.20. The number of Topliss-reactive ketones (excluding diaryl/α,β-unsaturated/α-hetero) is 1. The van der Waals surface area contributed by atoms with Crippen molar-refractivity contribution in [2.45, 2.75) is 26.8 Å². The van der Waals surface area contributed by atoms with Crippen molar-refractivity contribution in [3.63, 3.8) is 0 Å². The molecule has 3 rings (SSSR count). The Bertz CT molecular complexity index is 901. The van der Waals surface area contributed by atoms with Crippen molar-refractivity contribution in [2.75, 3.05) is 4.90 Å². The minimum absolute atomic E-state index is 0.0227. The van der Waals surface area contributed by atoms with Gasteiger partial charge in [0.05, 0.1) is 11.3 Å². The van der Waals surface area contributed by atoms with E-state index < -0.39 is 28.9 Å².